The summed E-state index contributed by atoms with van der Waals surface area (Å²) in [6.07, 6.45) is 1.12. The van der Waals surface area contributed by atoms with Gasteiger partial charge in [-0.1, -0.05) is 19.1 Å². The van der Waals surface area contributed by atoms with Crippen molar-refractivity contribution in [3.8, 4) is 5.75 Å². The standard InChI is InChI=1S/C22H28N2O3/c1-3-17(2)27-21-10-6-19(7-11-21)22(25)23-20-8-4-18(5-9-20)16-24-12-14-26-15-13-24/h4-11,17H,3,12-16H2,1-2H3,(H,23,25)/p+1/t17-/m1/s1. The molecule has 0 aromatic heterocycles. The molecule has 3 rings (SSSR count). The van der Waals surface area contributed by atoms with E-state index >= 15 is 0 Å². The van der Waals surface area contributed by atoms with Crippen LogP contribution in [0.1, 0.15) is 36.2 Å². The van der Waals surface area contributed by atoms with E-state index in [0.29, 0.717) is 5.56 Å². The summed E-state index contributed by atoms with van der Waals surface area (Å²) in [4.78, 5) is 14.0. The summed E-state index contributed by atoms with van der Waals surface area (Å²) in [6, 6.07) is 15.4. The topological polar surface area (TPSA) is 52.0 Å². The molecule has 2 aromatic rings. The molecule has 1 atom stereocenters. The van der Waals surface area contributed by atoms with Crippen LogP contribution in [0.2, 0.25) is 0 Å². The lowest BCUT2D eigenvalue weighted by Crippen LogP contribution is -3.12. The van der Waals surface area contributed by atoms with Gasteiger partial charge in [0.1, 0.15) is 25.4 Å². The number of quaternary nitrogens is 1. The number of carbonyl (C=O) groups is 1. The van der Waals surface area contributed by atoms with Crippen LogP contribution in [-0.2, 0) is 11.3 Å². The fraction of sp³-hybridized carbons (Fsp3) is 0.409. The first-order valence-corrected chi connectivity index (χ1v) is 9.72. The van der Waals surface area contributed by atoms with Crippen LogP contribution in [0.4, 0.5) is 5.69 Å². The Bertz CT molecular complexity index is 722. The van der Waals surface area contributed by atoms with Crippen molar-refractivity contribution < 1.29 is 19.2 Å². The van der Waals surface area contributed by atoms with Crippen molar-refractivity contribution in [3.63, 3.8) is 0 Å². The molecule has 5 nitrogen and oxygen atoms in total. The van der Waals surface area contributed by atoms with Crippen molar-refractivity contribution >= 4 is 11.6 Å². The Morgan fingerprint density at radius 2 is 1.78 bits per heavy atom. The lowest BCUT2D eigenvalue weighted by Gasteiger charge is -2.23. The fourth-order valence-electron chi connectivity index (χ4n) is 3.04. The van der Waals surface area contributed by atoms with Gasteiger partial charge in [-0.15, -0.1) is 0 Å². The van der Waals surface area contributed by atoms with Gasteiger partial charge < -0.3 is 19.7 Å². The van der Waals surface area contributed by atoms with Gasteiger partial charge in [0.25, 0.3) is 5.91 Å². The van der Waals surface area contributed by atoms with Crippen LogP contribution in [0, 0.1) is 0 Å². The van der Waals surface area contributed by atoms with Gasteiger partial charge >= 0.3 is 0 Å². The molecule has 0 unspecified atom stereocenters. The summed E-state index contributed by atoms with van der Waals surface area (Å²) in [6.45, 7) is 8.89. The minimum atomic E-state index is -0.114. The second kappa shape index (κ2) is 9.53. The van der Waals surface area contributed by atoms with Crippen molar-refractivity contribution in [1.82, 2.24) is 0 Å². The number of hydrogen-bond donors (Lipinski definition) is 2. The quantitative estimate of drug-likeness (QED) is 0.789. The van der Waals surface area contributed by atoms with Gasteiger partial charge in [-0.2, -0.15) is 0 Å². The van der Waals surface area contributed by atoms with Gasteiger partial charge in [-0.3, -0.25) is 4.79 Å². The van der Waals surface area contributed by atoms with E-state index in [1.165, 1.54) is 10.5 Å². The first-order chi connectivity index (χ1) is 13.1. The van der Waals surface area contributed by atoms with E-state index in [2.05, 4.69) is 24.4 Å². The monoisotopic (exact) mass is 369 g/mol. The maximum Gasteiger partial charge on any atom is 0.255 e. The zero-order valence-corrected chi connectivity index (χ0v) is 16.2. The zero-order chi connectivity index (χ0) is 19.1. The number of anilines is 1. The Balaban J connectivity index is 1.54. The molecular weight excluding hydrogens is 340 g/mol. The maximum atomic E-state index is 12.4. The third-order valence-corrected chi connectivity index (χ3v) is 4.89. The van der Waals surface area contributed by atoms with E-state index in [0.717, 1.165) is 50.7 Å². The molecule has 0 bridgehead atoms. The predicted octanol–water partition coefficient (Wildman–Crippen LogP) is 2.53. The number of morpholine rings is 1. The summed E-state index contributed by atoms with van der Waals surface area (Å²) in [5.41, 5.74) is 2.70. The Labute approximate surface area is 161 Å². The number of rotatable bonds is 7. The molecule has 1 amide bonds. The van der Waals surface area contributed by atoms with Crippen molar-refractivity contribution in [2.24, 2.45) is 0 Å². The first kappa shape index (κ1) is 19.4. The molecule has 5 heteroatoms. The molecule has 2 aromatic carbocycles. The Hall–Kier alpha value is -2.37. The van der Waals surface area contributed by atoms with Crippen LogP contribution in [0.3, 0.4) is 0 Å². The van der Waals surface area contributed by atoms with E-state index in [4.69, 9.17) is 9.47 Å². The third-order valence-electron chi connectivity index (χ3n) is 4.89. The summed E-state index contributed by atoms with van der Waals surface area (Å²) < 4.78 is 11.1. The minimum Gasteiger partial charge on any atom is -0.491 e. The van der Waals surface area contributed by atoms with E-state index in [9.17, 15) is 4.79 Å². The van der Waals surface area contributed by atoms with Gasteiger partial charge in [-0.25, -0.2) is 0 Å². The van der Waals surface area contributed by atoms with Crippen molar-refractivity contribution in [3.05, 3.63) is 59.7 Å². The van der Waals surface area contributed by atoms with Crippen molar-refractivity contribution in [1.29, 1.82) is 0 Å². The lowest BCUT2D eigenvalue weighted by atomic mass is 10.1. The number of amides is 1. The van der Waals surface area contributed by atoms with E-state index < -0.39 is 0 Å². The fourth-order valence-corrected chi connectivity index (χ4v) is 3.04. The molecule has 0 saturated carbocycles. The SMILES string of the molecule is CC[C@@H](C)Oc1ccc(C(=O)Nc2ccc(C[NH+]3CCOCC3)cc2)cc1. The lowest BCUT2D eigenvalue weighted by molar-refractivity contribution is -0.921. The van der Waals surface area contributed by atoms with E-state index in [1.807, 2.05) is 31.2 Å². The van der Waals surface area contributed by atoms with Crippen molar-refractivity contribution in [2.75, 3.05) is 31.6 Å². The molecule has 27 heavy (non-hydrogen) atoms. The molecule has 1 fully saturated rings. The molecule has 2 N–H and O–H groups in total. The molecule has 144 valence electrons. The smallest absolute Gasteiger partial charge is 0.255 e. The largest absolute Gasteiger partial charge is 0.491 e. The Kier molecular flexibility index (Phi) is 6.85. The number of nitrogens with one attached hydrogen (secondary N) is 2. The van der Waals surface area contributed by atoms with Crippen LogP contribution in [0.15, 0.2) is 48.5 Å². The maximum absolute atomic E-state index is 12.4. The number of ether oxygens (including phenoxy) is 2. The number of hydrogen-bond acceptors (Lipinski definition) is 3. The average Bonchev–Trinajstić information content (AvgIpc) is 2.70. The molecule has 0 aliphatic carbocycles. The van der Waals surface area contributed by atoms with Gasteiger partial charge in [0.15, 0.2) is 0 Å². The van der Waals surface area contributed by atoms with Crippen LogP contribution in [0.25, 0.3) is 0 Å². The van der Waals surface area contributed by atoms with Crippen LogP contribution in [-0.4, -0.2) is 38.3 Å². The number of benzene rings is 2. The molecule has 1 aliphatic heterocycles. The summed E-state index contributed by atoms with van der Waals surface area (Å²) in [5.74, 6) is 0.674. The summed E-state index contributed by atoms with van der Waals surface area (Å²) >= 11 is 0. The average molecular weight is 369 g/mol. The highest BCUT2D eigenvalue weighted by atomic mass is 16.5. The highest BCUT2D eigenvalue weighted by Crippen LogP contribution is 2.16. The normalized spacial score (nSPS) is 15.9. The Morgan fingerprint density at radius 3 is 2.41 bits per heavy atom. The van der Waals surface area contributed by atoms with Gasteiger partial charge in [0.2, 0.25) is 0 Å². The zero-order valence-electron chi connectivity index (χ0n) is 16.2. The van der Waals surface area contributed by atoms with Gasteiger partial charge in [-0.05, 0) is 49.7 Å². The van der Waals surface area contributed by atoms with Crippen LogP contribution < -0.4 is 15.0 Å². The molecular formula is C22H29N2O3+. The highest BCUT2D eigenvalue weighted by Gasteiger charge is 2.14. The summed E-state index contributed by atoms with van der Waals surface area (Å²) in [5, 5.41) is 2.95. The molecule has 0 radical (unpaired) electrons. The first-order valence-electron chi connectivity index (χ1n) is 9.72. The van der Waals surface area contributed by atoms with Crippen LogP contribution in [0.5, 0.6) is 5.75 Å². The third kappa shape index (κ3) is 5.81. The van der Waals surface area contributed by atoms with E-state index in [1.54, 1.807) is 12.1 Å². The number of carbonyl (C=O) groups excluding carboxylic acids is 1. The van der Waals surface area contributed by atoms with Gasteiger partial charge in [0.05, 0.1) is 19.3 Å². The van der Waals surface area contributed by atoms with Crippen molar-refractivity contribution in [2.45, 2.75) is 32.9 Å². The Morgan fingerprint density at radius 1 is 1.11 bits per heavy atom. The molecule has 1 saturated heterocycles. The molecule has 0 spiro atoms. The van der Waals surface area contributed by atoms with E-state index in [-0.39, 0.29) is 12.0 Å². The van der Waals surface area contributed by atoms with Crippen LogP contribution >= 0.6 is 0 Å². The minimum absolute atomic E-state index is 0.114. The second-order valence-electron chi connectivity index (χ2n) is 7.05. The predicted molar refractivity (Wildman–Crippen MR) is 106 cm³/mol. The van der Waals surface area contributed by atoms with Gasteiger partial charge in [0, 0.05) is 16.8 Å². The molecule has 1 aliphatic rings. The second-order valence-corrected chi connectivity index (χ2v) is 7.05. The molecule has 1 heterocycles. The summed E-state index contributed by atoms with van der Waals surface area (Å²) in [7, 11) is 0. The highest BCUT2D eigenvalue weighted by molar-refractivity contribution is 6.04.